The predicted molar refractivity (Wildman–Crippen MR) is 116 cm³/mol. The maximum atomic E-state index is 13.4. The van der Waals surface area contributed by atoms with E-state index in [0.29, 0.717) is 37.6 Å². The first-order valence-electron chi connectivity index (χ1n) is 9.77. The lowest BCUT2D eigenvalue weighted by Crippen LogP contribution is -2.48. The van der Waals surface area contributed by atoms with Crippen LogP contribution in [-0.2, 0) is 16.6 Å². The van der Waals surface area contributed by atoms with Crippen molar-refractivity contribution in [3.63, 3.8) is 0 Å². The van der Waals surface area contributed by atoms with E-state index < -0.39 is 15.8 Å². The van der Waals surface area contributed by atoms with Gasteiger partial charge in [-0.25, -0.2) is 12.8 Å². The molecule has 0 spiro atoms. The third kappa shape index (κ3) is 4.22. The zero-order valence-corrected chi connectivity index (χ0v) is 19.2. The van der Waals surface area contributed by atoms with Gasteiger partial charge in [0.15, 0.2) is 0 Å². The fraction of sp³-hybridized carbons (Fsp3) is 0.455. The minimum atomic E-state index is -3.56. The molecule has 2 aromatic carbocycles. The maximum Gasteiger partial charge on any atom is 0.243 e. The summed E-state index contributed by atoms with van der Waals surface area (Å²) in [5.41, 5.74) is 5.84. The zero-order chi connectivity index (χ0) is 21.5. The highest BCUT2D eigenvalue weighted by molar-refractivity contribution is 7.89. The van der Waals surface area contributed by atoms with Gasteiger partial charge in [0.25, 0.3) is 0 Å². The summed E-state index contributed by atoms with van der Waals surface area (Å²) >= 11 is 5.87. The molecule has 2 aromatic rings. The van der Waals surface area contributed by atoms with Crippen molar-refractivity contribution in [3.8, 4) is 0 Å². The molecule has 1 fully saturated rings. The van der Waals surface area contributed by atoms with Crippen LogP contribution in [0.4, 0.5) is 4.39 Å². The molecule has 0 aliphatic carbocycles. The van der Waals surface area contributed by atoms with Gasteiger partial charge in [-0.15, -0.1) is 0 Å². The van der Waals surface area contributed by atoms with Crippen LogP contribution in [0.1, 0.15) is 33.4 Å². The summed E-state index contributed by atoms with van der Waals surface area (Å²) in [4.78, 5) is 2.62. The van der Waals surface area contributed by atoms with E-state index in [9.17, 15) is 12.8 Å². The Labute approximate surface area is 178 Å². The lowest BCUT2D eigenvalue weighted by atomic mass is 9.95. The summed E-state index contributed by atoms with van der Waals surface area (Å²) in [5.74, 6) is -0.430. The van der Waals surface area contributed by atoms with Crippen molar-refractivity contribution in [3.05, 3.63) is 62.4 Å². The van der Waals surface area contributed by atoms with Gasteiger partial charge in [0.2, 0.25) is 10.0 Å². The molecule has 0 unspecified atom stereocenters. The summed E-state index contributed by atoms with van der Waals surface area (Å²) in [6.45, 7) is 12.5. The van der Waals surface area contributed by atoms with E-state index in [1.807, 2.05) is 34.6 Å². The molecule has 0 atom stereocenters. The van der Waals surface area contributed by atoms with Gasteiger partial charge in [0.05, 0.1) is 9.92 Å². The molecule has 1 heterocycles. The van der Waals surface area contributed by atoms with Gasteiger partial charge in [-0.3, -0.25) is 4.90 Å². The summed E-state index contributed by atoms with van der Waals surface area (Å²) in [5, 5.41) is 0.111. The Kier molecular flexibility index (Phi) is 6.39. The molecule has 29 heavy (non-hydrogen) atoms. The lowest BCUT2D eigenvalue weighted by Gasteiger charge is -2.35. The van der Waals surface area contributed by atoms with Crippen molar-refractivity contribution in [2.45, 2.75) is 46.1 Å². The van der Waals surface area contributed by atoms with Crippen LogP contribution < -0.4 is 0 Å². The maximum absolute atomic E-state index is 13.4. The highest BCUT2D eigenvalue weighted by Gasteiger charge is 2.32. The summed E-state index contributed by atoms with van der Waals surface area (Å²) in [7, 11) is -3.56. The van der Waals surface area contributed by atoms with Crippen LogP contribution in [0.3, 0.4) is 0 Å². The highest BCUT2D eigenvalue weighted by atomic mass is 35.5. The molecule has 1 aliphatic heterocycles. The number of nitrogens with zero attached hydrogens (tertiary/aromatic N) is 2. The van der Waals surface area contributed by atoms with Crippen molar-refractivity contribution in [2.75, 3.05) is 26.2 Å². The molecule has 3 rings (SSSR count). The number of benzene rings is 2. The average molecular weight is 439 g/mol. The second kappa shape index (κ2) is 8.34. The topological polar surface area (TPSA) is 40.6 Å². The van der Waals surface area contributed by atoms with E-state index in [2.05, 4.69) is 4.90 Å². The van der Waals surface area contributed by atoms with Gasteiger partial charge < -0.3 is 0 Å². The summed E-state index contributed by atoms with van der Waals surface area (Å²) in [6.07, 6.45) is 0. The molecule has 7 heteroatoms. The van der Waals surface area contributed by atoms with Crippen LogP contribution >= 0.6 is 11.6 Å². The molecule has 1 saturated heterocycles. The van der Waals surface area contributed by atoms with Crippen molar-refractivity contribution in [1.29, 1.82) is 0 Å². The van der Waals surface area contributed by atoms with Gasteiger partial charge in [0.1, 0.15) is 5.82 Å². The smallest absolute Gasteiger partial charge is 0.243 e. The molecule has 158 valence electrons. The largest absolute Gasteiger partial charge is 0.296 e. The number of sulfonamides is 1. The molecule has 0 N–H and O–H groups in total. The molecular weight excluding hydrogens is 411 g/mol. The molecular formula is C22H28ClFN2O2S. The van der Waals surface area contributed by atoms with Crippen LogP contribution in [0.2, 0.25) is 5.02 Å². The molecule has 4 nitrogen and oxygen atoms in total. The summed E-state index contributed by atoms with van der Waals surface area (Å²) < 4.78 is 41.8. The standard InChI is InChI=1S/C22H28ClFN2O2S/c1-14-15(2)17(4)22(18(5)16(14)3)29(27,28)26-10-8-25(9-11-26)13-19-6-7-21(24)20(23)12-19/h6-7,12H,8-11,13H2,1-5H3. The van der Waals surface area contributed by atoms with Crippen molar-refractivity contribution >= 4 is 21.6 Å². The highest BCUT2D eigenvalue weighted by Crippen LogP contribution is 2.32. The Morgan fingerprint density at radius 1 is 0.897 bits per heavy atom. The second-order valence-corrected chi connectivity index (χ2v) is 10.2. The second-order valence-electron chi connectivity index (χ2n) is 7.88. The van der Waals surface area contributed by atoms with E-state index in [4.69, 9.17) is 11.6 Å². The third-order valence-corrected chi connectivity index (χ3v) is 8.71. The molecule has 0 saturated carbocycles. The summed E-state index contributed by atoms with van der Waals surface area (Å²) in [6, 6.07) is 4.71. The van der Waals surface area contributed by atoms with Crippen LogP contribution in [-0.4, -0.2) is 43.8 Å². The number of hydrogen-bond acceptors (Lipinski definition) is 3. The van der Waals surface area contributed by atoms with Gasteiger partial charge in [-0.2, -0.15) is 4.31 Å². The predicted octanol–water partition coefficient (Wildman–Crippen LogP) is 4.53. The fourth-order valence-electron chi connectivity index (χ4n) is 4.01. The van der Waals surface area contributed by atoms with E-state index >= 15 is 0 Å². The van der Waals surface area contributed by atoms with Crippen molar-refractivity contribution < 1.29 is 12.8 Å². The van der Waals surface area contributed by atoms with Gasteiger partial charge >= 0.3 is 0 Å². The van der Waals surface area contributed by atoms with E-state index in [-0.39, 0.29) is 5.02 Å². The van der Waals surface area contributed by atoms with E-state index in [0.717, 1.165) is 33.4 Å². The van der Waals surface area contributed by atoms with Crippen molar-refractivity contribution in [2.24, 2.45) is 0 Å². The fourth-order valence-corrected chi connectivity index (χ4v) is 6.19. The first kappa shape index (κ1) is 22.2. The van der Waals surface area contributed by atoms with Crippen molar-refractivity contribution in [1.82, 2.24) is 9.21 Å². The van der Waals surface area contributed by atoms with E-state index in [1.54, 1.807) is 16.4 Å². The lowest BCUT2D eigenvalue weighted by molar-refractivity contribution is 0.181. The first-order valence-corrected chi connectivity index (χ1v) is 11.6. The monoisotopic (exact) mass is 438 g/mol. The Hall–Kier alpha value is -1.47. The Bertz CT molecular complexity index is 1020. The average Bonchev–Trinajstić information content (AvgIpc) is 2.68. The molecule has 0 bridgehead atoms. The quantitative estimate of drug-likeness (QED) is 0.704. The van der Waals surface area contributed by atoms with Gasteiger partial charge in [0, 0.05) is 32.7 Å². The third-order valence-electron chi connectivity index (χ3n) is 6.25. The number of piperazine rings is 1. The van der Waals surface area contributed by atoms with E-state index in [1.165, 1.54) is 6.07 Å². The van der Waals surface area contributed by atoms with Crippen LogP contribution in [0.5, 0.6) is 0 Å². The Morgan fingerprint density at radius 3 is 1.93 bits per heavy atom. The van der Waals surface area contributed by atoms with Crippen LogP contribution in [0, 0.1) is 40.4 Å². The molecule has 1 aliphatic rings. The Balaban J connectivity index is 1.78. The minimum Gasteiger partial charge on any atom is -0.296 e. The number of rotatable bonds is 4. The zero-order valence-electron chi connectivity index (χ0n) is 17.6. The normalized spacial score (nSPS) is 16.4. The Morgan fingerprint density at radius 2 is 1.41 bits per heavy atom. The molecule has 0 aromatic heterocycles. The van der Waals surface area contributed by atoms with Crippen LogP contribution in [0.15, 0.2) is 23.1 Å². The van der Waals surface area contributed by atoms with Crippen LogP contribution in [0.25, 0.3) is 0 Å². The number of hydrogen-bond donors (Lipinski definition) is 0. The van der Waals surface area contributed by atoms with Gasteiger partial charge in [-0.05, 0) is 80.1 Å². The molecule has 0 amide bonds. The SMILES string of the molecule is Cc1c(C)c(C)c(S(=O)(=O)N2CCN(Cc3ccc(F)c(Cl)c3)CC2)c(C)c1C. The van der Waals surface area contributed by atoms with Gasteiger partial charge in [-0.1, -0.05) is 17.7 Å². The number of halogens is 2. The minimum absolute atomic E-state index is 0.111. The first-order chi connectivity index (χ1) is 13.5. The molecule has 0 radical (unpaired) electrons.